The molecule has 0 saturated heterocycles. The third kappa shape index (κ3) is 9.10. The Hall–Kier alpha value is -3.80. The van der Waals surface area contributed by atoms with Crippen LogP contribution in [0.5, 0.6) is 0 Å². The molecule has 0 spiro atoms. The van der Waals surface area contributed by atoms with Crippen molar-refractivity contribution in [3.05, 3.63) is 65.2 Å². The molecule has 2 amide bonds. The summed E-state index contributed by atoms with van der Waals surface area (Å²) in [6, 6.07) is 4.46. The molecule has 10 nitrogen and oxygen atoms in total. The Morgan fingerprint density at radius 1 is 0.972 bits per heavy atom. The monoisotopic (exact) mass is 519 g/mol. The van der Waals surface area contributed by atoms with Gasteiger partial charge >= 0.3 is 11.9 Å². The van der Waals surface area contributed by atoms with Crippen LogP contribution in [0.3, 0.4) is 0 Å². The Bertz CT molecular complexity index is 1110. The number of carbonyl (C=O) groups is 5. The number of ketones is 1. The second-order valence-corrected chi connectivity index (χ2v) is 8.81. The molecule has 12 heteroatoms. The normalized spacial score (nSPS) is 12.3. The van der Waals surface area contributed by atoms with E-state index >= 15 is 0 Å². The number of amides is 2. The molecule has 0 fully saturated rings. The maximum Gasteiger partial charge on any atom is 0.326 e. The number of aromatic nitrogens is 1. The third-order valence-electron chi connectivity index (χ3n) is 4.94. The van der Waals surface area contributed by atoms with E-state index in [4.69, 9.17) is 0 Å². The highest BCUT2D eigenvalue weighted by Gasteiger charge is 2.25. The van der Waals surface area contributed by atoms with Crippen molar-refractivity contribution in [3.8, 4) is 0 Å². The summed E-state index contributed by atoms with van der Waals surface area (Å²) >= 11 is 1.19. The van der Waals surface area contributed by atoms with Crippen LogP contribution in [0, 0.1) is 5.82 Å². The van der Waals surface area contributed by atoms with Crippen LogP contribution in [0.25, 0.3) is 0 Å². The zero-order chi connectivity index (χ0) is 26.7. The molecule has 0 aliphatic heterocycles. The van der Waals surface area contributed by atoms with Crippen molar-refractivity contribution in [2.45, 2.75) is 44.0 Å². The summed E-state index contributed by atoms with van der Waals surface area (Å²) < 4.78 is 13.0. The first-order chi connectivity index (χ1) is 17.1. The van der Waals surface area contributed by atoms with Gasteiger partial charge in [-0.1, -0.05) is 25.5 Å². The van der Waals surface area contributed by atoms with Crippen molar-refractivity contribution < 1.29 is 38.6 Å². The lowest BCUT2D eigenvalue weighted by atomic mass is 10.1. The van der Waals surface area contributed by atoms with Gasteiger partial charge in [-0.25, -0.2) is 9.18 Å². The predicted molar refractivity (Wildman–Crippen MR) is 129 cm³/mol. The number of thioether (sulfide) groups is 1. The topological polar surface area (TPSA) is 163 Å². The van der Waals surface area contributed by atoms with E-state index in [1.807, 2.05) is 0 Å². The van der Waals surface area contributed by atoms with Crippen LogP contribution in [-0.2, 0) is 20.1 Å². The molecule has 1 aromatic carbocycles. The number of carboxylic acid groups (broad SMARTS) is 2. The fraction of sp³-hybridized carbons (Fsp3) is 0.333. The van der Waals surface area contributed by atoms with Gasteiger partial charge in [0.1, 0.15) is 11.9 Å². The fourth-order valence-corrected chi connectivity index (χ4v) is 4.02. The first-order valence-electron chi connectivity index (χ1n) is 11.0. The minimum Gasteiger partial charge on any atom is -0.481 e. The molecule has 2 rings (SSSR count). The van der Waals surface area contributed by atoms with Crippen LogP contribution in [0.4, 0.5) is 4.39 Å². The van der Waals surface area contributed by atoms with Gasteiger partial charge in [-0.15, -0.1) is 11.8 Å². The molecule has 1 aromatic heterocycles. The fourth-order valence-electron chi connectivity index (χ4n) is 3.09. The quantitative estimate of drug-likeness (QED) is 0.293. The van der Waals surface area contributed by atoms with Crippen molar-refractivity contribution in [1.82, 2.24) is 15.6 Å². The van der Waals surface area contributed by atoms with Gasteiger partial charge < -0.3 is 20.8 Å². The highest BCUT2D eigenvalue weighted by atomic mass is 32.2. The van der Waals surface area contributed by atoms with Crippen LogP contribution >= 0.6 is 11.8 Å². The summed E-state index contributed by atoms with van der Waals surface area (Å²) in [5.74, 6) is -4.66. The number of carbonyl (C=O) groups excluding carboxylic acids is 3. The average Bonchev–Trinajstić information content (AvgIpc) is 2.84. The van der Waals surface area contributed by atoms with Crippen LogP contribution in [-0.4, -0.2) is 62.6 Å². The van der Waals surface area contributed by atoms with E-state index in [2.05, 4.69) is 15.6 Å². The molecule has 0 radical (unpaired) electrons. The molecule has 0 bridgehead atoms. The predicted octanol–water partition coefficient (Wildman–Crippen LogP) is 2.28. The lowest BCUT2D eigenvalue weighted by molar-refractivity contribution is -0.140. The minimum absolute atomic E-state index is 0.0685. The van der Waals surface area contributed by atoms with Gasteiger partial charge in [0.2, 0.25) is 0 Å². The summed E-state index contributed by atoms with van der Waals surface area (Å²) in [7, 11) is 0. The van der Waals surface area contributed by atoms with Gasteiger partial charge in [0.15, 0.2) is 5.78 Å². The number of carboxylic acids is 2. The molecular formula is C24H26FN3O7S. The number of hydrogen-bond acceptors (Lipinski definition) is 7. The number of halogens is 1. The number of rotatable bonds is 14. The summed E-state index contributed by atoms with van der Waals surface area (Å²) in [5, 5.41) is 23.1. The van der Waals surface area contributed by atoms with Crippen molar-refractivity contribution in [2.75, 3.05) is 5.75 Å². The molecule has 0 saturated carbocycles. The Kier molecular flexibility index (Phi) is 11.0. The number of Topliss-reactive ketones (excluding diaryl/α,β-unsaturated/α-hetero) is 1. The van der Waals surface area contributed by atoms with E-state index in [0.717, 1.165) is 18.0 Å². The molecule has 1 heterocycles. The van der Waals surface area contributed by atoms with Crippen LogP contribution < -0.4 is 10.6 Å². The maximum absolute atomic E-state index is 13.0. The number of hydrogen-bond donors (Lipinski definition) is 4. The van der Waals surface area contributed by atoms with Crippen molar-refractivity contribution in [3.63, 3.8) is 0 Å². The standard InChI is InChI=1S/C24H26FN3O7S/c1-2-3-18(24(34)35)27-22(32)15-8-16(11-26-10-15)23(33)28-19(9-21(30)31)20(29)13-36-12-14-4-6-17(25)7-5-14/h4-8,10-11,18-19H,2-3,9,12-13H2,1H3,(H,27,32)(H,28,33)(H,30,31)(H,34,35)/t18?,19-/m0/s1. The molecule has 2 aromatic rings. The molecule has 1 unspecified atom stereocenters. The number of pyridine rings is 1. The molecule has 0 aliphatic carbocycles. The average molecular weight is 520 g/mol. The minimum atomic E-state index is -1.32. The first kappa shape index (κ1) is 28.4. The number of nitrogens with one attached hydrogen (secondary N) is 2. The Morgan fingerprint density at radius 3 is 2.08 bits per heavy atom. The smallest absolute Gasteiger partial charge is 0.326 e. The van der Waals surface area contributed by atoms with Gasteiger partial charge in [-0.3, -0.25) is 24.2 Å². The van der Waals surface area contributed by atoms with E-state index in [-0.39, 0.29) is 29.1 Å². The molecule has 192 valence electrons. The van der Waals surface area contributed by atoms with E-state index < -0.39 is 48.0 Å². The first-order valence-corrected chi connectivity index (χ1v) is 12.1. The third-order valence-corrected chi connectivity index (χ3v) is 5.97. The summed E-state index contributed by atoms with van der Waals surface area (Å²) in [6.45, 7) is 1.77. The van der Waals surface area contributed by atoms with Gasteiger partial charge in [0.25, 0.3) is 11.8 Å². The Balaban J connectivity index is 2.04. The van der Waals surface area contributed by atoms with Crippen molar-refractivity contribution in [1.29, 1.82) is 0 Å². The van der Waals surface area contributed by atoms with Gasteiger partial charge in [-0.05, 0) is 30.2 Å². The van der Waals surface area contributed by atoms with Gasteiger partial charge in [-0.2, -0.15) is 0 Å². The zero-order valence-corrected chi connectivity index (χ0v) is 20.2. The zero-order valence-electron chi connectivity index (χ0n) is 19.4. The number of aliphatic carboxylic acids is 2. The maximum atomic E-state index is 13.0. The van der Waals surface area contributed by atoms with Crippen LogP contribution in [0.15, 0.2) is 42.7 Å². The van der Waals surface area contributed by atoms with E-state index in [9.17, 15) is 38.6 Å². The second kappa shape index (κ2) is 13.9. The van der Waals surface area contributed by atoms with E-state index in [1.165, 1.54) is 30.0 Å². The van der Waals surface area contributed by atoms with Gasteiger partial charge in [0.05, 0.1) is 29.3 Å². The summed E-state index contributed by atoms with van der Waals surface area (Å²) in [4.78, 5) is 64.1. The molecule has 2 atom stereocenters. The van der Waals surface area contributed by atoms with Crippen LogP contribution in [0.2, 0.25) is 0 Å². The molecule has 36 heavy (non-hydrogen) atoms. The SMILES string of the molecule is CCCC(NC(=O)c1cncc(C(=O)N[C@@H](CC(=O)O)C(=O)CSCc2ccc(F)cc2)c1)C(=O)O. The number of benzene rings is 1. The lowest BCUT2D eigenvalue weighted by Gasteiger charge is -2.16. The molecular weight excluding hydrogens is 493 g/mol. The van der Waals surface area contributed by atoms with Crippen molar-refractivity contribution in [2.24, 2.45) is 0 Å². The largest absolute Gasteiger partial charge is 0.481 e. The summed E-state index contributed by atoms with van der Waals surface area (Å²) in [5.41, 5.74) is 0.603. The van der Waals surface area contributed by atoms with Gasteiger partial charge in [0, 0.05) is 18.1 Å². The molecule has 0 aliphatic rings. The van der Waals surface area contributed by atoms with Crippen molar-refractivity contribution >= 4 is 41.3 Å². The molecule has 4 N–H and O–H groups in total. The van der Waals surface area contributed by atoms with Crippen LogP contribution in [0.1, 0.15) is 52.5 Å². The number of nitrogens with zero attached hydrogens (tertiary/aromatic N) is 1. The lowest BCUT2D eigenvalue weighted by Crippen LogP contribution is -2.43. The highest BCUT2D eigenvalue weighted by Crippen LogP contribution is 2.14. The second-order valence-electron chi connectivity index (χ2n) is 7.82. The summed E-state index contributed by atoms with van der Waals surface area (Å²) in [6.07, 6.45) is 2.39. The highest BCUT2D eigenvalue weighted by molar-refractivity contribution is 7.99. The Labute approximate surface area is 210 Å². The Morgan fingerprint density at radius 2 is 1.56 bits per heavy atom. The van der Waals surface area contributed by atoms with E-state index in [0.29, 0.717) is 12.2 Å². The van der Waals surface area contributed by atoms with E-state index in [1.54, 1.807) is 19.1 Å².